The Kier molecular flexibility index (Phi) is 5.66. The molecule has 1 N–H and O–H groups in total. The molecule has 0 heterocycles. The van der Waals surface area contributed by atoms with Crippen LogP contribution in [-0.4, -0.2) is 17.7 Å². The molecule has 3 nitrogen and oxygen atoms in total. The highest BCUT2D eigenvalue weighted by Crippen LogP contribution is 2.38. The number of benzene rings is 1. The second-order valence-corrected chi connectivity index (χ2v) is 7.84. The zero-order valence-corrected chi connectivity index (χ0v) is 15.0. The van der Waals surface area contributed by atoms with Crippen LogP contribution in [-0.2, 0) is 26.8 Å². The number of ether oxygens (including phenoxy) is 1. The lowest BCUT2D eigenvalue weighted by Crippen LogP contribution is -2.18. The van der Waals surface area contributed by atoms with E-state index in [1.165, 1.54) is 5.56 Å². The van der Waals surface area contributed by atoms with E-state index in [2.05, 4.69) is 47.6 Å². The fourth-order valence-corrected chi connectivity index (χ4v) is 2.36. The summed E-state index contributed by atoms with van der Waals surface area (Å²) in [6.45, 7) is 14.9. The van der Waals surface area contributed by atoms with Crippen molar-refractivity contribution >= 4 is 5.97 Å². The van der Waals surface area contributed by atoms with E-state index in [-0.39, 0.29) is 16.8 Å². The minimum Gasteiger partial charge on any atom is -0.507 e. The molecule has 0 atom stereocenters. The molecule has 0 aliphatic heterocycles. The standard InChI is InChI=1S/C19H30O3/c1-8-22-16(20)10-9-13-11-14(18(2,3)4)12-15(17(13)21)19(5,6)7/h11-12,21H,8-10H2,1-7H3. The van der Waals surface area contributed by atoms with Gasteiger partial charge in [-0.05, 0) is 40.9 Å². The van der Waals surface area contributed by atoms with Crippen LogP contribution in [0.25, 0.3) is 0 Å². The summed E-state index contributed by atoms with van der Waals surface area (Å²) in [5.41, 5.74) is 2.77. The number of phenols is 1. The Bertz CT molecular complexity index is 531. The van der Waals surface area contributed by atoms with Crippen molar-refractivity contribution in [2.24, 2.45) is 0 Å². The fraction of sp³-hybridized carbons (Fsp3) is 0.632. The Morgan fingerprint density at radius 2 is 1.68 bits per heavy atom. The molecule has 0 aromatic heterocycles. The smallest absolute Gasteiger partial charge is 0.306 e. The molecule has 0 unspecified atom stereocenters. The Morgan fingerprint density at radius 1 is 1.09 bits per heavy atom. The molecule has 0 aliphatic rings. The predicted molar refractivity (Wildman–Crippen MR) is 90.5 cm³/mol. The van der Waals surface area contributed by atoms with Gasteiger partial charge in [0.15, 0.2) is 0 Å². The van der Waals surface area contributed by atoms with Crippen LogP contribution in [0.4, 0.5) is 0 Å². The average molecular weight is 306 g/mol. The van der Waals surface area contributed by atoms with E-state index >= 15 is 0 Å². The highest BCUT2D eigenvalue weighted by atomic mass is 16.5. The van der Waals surface area contributed by atoms with Crippen molar-refractivity contribution < 1.29 is 14.6 Å². The van der Waals surface area contributed by atoms with Crippen LogP contribution in [0.1, 0.15) is 71.6 Å². The molecule has 0 saturated carbocycles. The summed E-state index contributed by atoms with van der Waals surface area (Å²) in [5.74, 6) is 0.0881. The molecule has 1 rings (SSSR count). The fourth-order valence-electron chi connectivity index (χ4n) is 2.36. The minimum atomic E-state index is -0.222. The van der Waals surface area contributed by atoms with E-state index in [9.17, 15) is 9.90 Å². The van der Waals surface area contributed by atoms with Crippen LogP contribution in [0.5, 0.6) is 5.75 Å². The first kappa shape index (κ1) is 18.5. The third-order valence-electron chi connectivity index (χ3n) is 3.77. The van der Waals surface area contributed by atoms with Crippen LogP contribution in [0.3, 0.4) is 0 Å². The molecule has 0 radical (unpaired) electrons. The van der Waals surface area contributed by atoms with Gasteiger partial charge in [-0.15, -0.1) is 0 Å². The Morgan fingerprint density at radius 3 is 2.14 bits per heavy atom. The summed E-state index contributed by atoms with van der Waals surface area (Å²) in [7, 11) is 0. The second kappa shape index (κ2) is 6.72. The van der Waals surface area contributed by atoms with Gasteiger partial charge < -0.3 is 9.84 Å². The van der Waals surface area contributed by atoms with Gasteiger partial charge in [0.2, 0.25) is 0 Å². The van der Waals surface area contributed by atoms with E-state index in [1.807, 2.05) is 6.07 Å². The predicted octanol–water partition coefficient (Wildman–Crippen LogP) is 4.48. The first-order chi connectivity index (χ1) is 9.96. The first-order valence-electron chi connectivity index (χ1n) is 7.99. The van der Waals surface area contributed by atoms with E-state index < -0.39 is 0 Å². The summed E-state index contributed by atoms with van der Waals surface area (Å²) in [4.78, 5) is 11.6. The van der Waals surface area contributed by atoms with Gasteiger partial charge in [-0.25, -0.2) is 0 Å². The third kappa shape index (κ3) is 4.75. The average Bonchev–Trinajstić information content (AvgIpc) is 2.35. The Hall–Kier alpha value is -1.51. The lowest BCUT2D eigenvalue weighted by Gasteiger charge is -2.27. The zero-order chi connectivity index (χ0) is 17.1. The lowest BCUT2D eigenvalue weighted by atomic mass is 9.78. The van der Waals surface area contributed by atoms with Crippen LogP contribution in [0.2, 0.25) is 0 Å². The molecular weight excluding hydrogens is 276 g/mol. The molecule has 0 bridgehead atoms. The van der Waals surface area contributed by atoms with Gasteiger partial charge in [0.05, 0.1) is 6.61 Å². The van der Waals surface area contributed by atoms with Crippen molar-refractivity contribution in [2.45, 2.75) is 72.1 Å². The minimum absolute atomic E-state index is 0.00756. The maximum atomic E-state index is 11.6. The monoisotopic (exact) mass is 306 g/mol. The highest BCUT2D eigenvalue weighted by molar-refractivity contribution is 5.70. The maximum absolute atomic E-state index is 11.6. The van der Waals surface area contributed by atoms with Gasteiger partial charge >= 0.3 is 5.97 Å². The van der Waals surface area contributed by atoms with Crippen LogP contribution in [0, 0.1) is 0 Å². The largest absolute Gasteiger partial charge is 0.507 e. The number of hydrogen-bond donors (Lipinski definition) is 1. The topological polar surface area (TPSA) is 46.5 Å². The van der Waals surface area contributed by atoms with Gasteiger partial charge in [0, 0.05) is 6.42 Å². The number of rotatable bonds is 4. The lowest BCUT2D eigenvalue weighted by molar-refractivity contribution is -0.143. The van der Waals surface area contributed by atoms with Gasteiger partial charge in [-0.3, -0.25) is 4.79 Å². The van der Waals surface area contributed by atoms with Gasteiger partial charge in [0.1, 0.15) is 5.75 Å². The van der Waals surface area contributed by atoms with Crippen molar-refractivity contribution in [3.8, 4) is 5.75 Å². The molecule has 1 aromatic carbocycles. The summed E-state index contributed by atoms with van der Waals surface area (Å²) in [6, 6.07) is 4.10. The number of carbonyl (C=O) groups excluding carboxylic acids is 1. The molecule has 0 amide bonds. The third-order valence-corrected chi connectivity index (χ3v) is 3.77. The maximum Gasteiger partial charge on any atom is 0.306 e. The van der Waals surface area contributed by atoms with Gasteiger partial charge in [-0.2, -0.15) is 0 Å². The number of esters is 1. The molecule has 1 aromatic rings. The molecule has 0 fully saturated rings. The van der Waals surface area contributed by atoms with Crippen molar-refractivity contribution in [1.82, 2.24) is 0 Å². The normalized spacial score (nSPS) is 12.3. The SMILES string of the molecule is CCOC(=O)CCc1cc(C(C)(C)C)cc(C(C)(C)C)c1O. The summed E-state index contributed by atoms with van der Waals surface area (Å²) in [5, 5.41) is 10.6. The molecule has 0 saturated heterocycles. The van der Waals surface area contributed by atoms with Crippen molar-refractivity contribution in [1.29, 1.82) is 0 Å². The van der Waals surface area contributed by atoms with Crippen LogP contribution < -0.4 is 0 Å². The second-order valence-electron chi connectivity index (χ2n) is 7.84. The zero-order valence-electron chi connectivity index (χ0n) is 15.0. The highest BCUT2D eigenvalue weighted by Gasteiger charge is 2.25. The number of carbonyl (C=O) groups is 1. The molecule has 0 aliphatic carbocycles. The van der Waals surface area contributed by atoms with Gasteiger partial charge in [0.25, 0.3) is 0 Å². The summed E-state index contributed by atoms with van der Waals surface area (Å²) >= 11 is 0. The number of aromatic hydroxyl groups is 1. The van der Waals surface area contributed by atoms with E-state index in [0.717, 1.165) is 11.1 Å². The molecular formula is C19H30O3. The van der Waals surface area contributed by atoms with Crippen molar-refractivity contribution in [3.63, 3.8) is 0 Å². The van der Waals surface area contributed by atoms with Gasteiger partial charge in [-0.1, -0.05) is 53.7 Å². The Labute approximate surface area is 134 Å². The van der Waals surface area contributed by atoms with Crippen LogP contribution >= 0.6 is 0 Å². The summed E-state index contributed by atoms with van der Waals surface area (Å²) in [6.07, 6.45) is 0.788. The van der Waals surface area contributed by atoms with E-state index in [0.29, 0.717) is 25.2 Å². The number of aryl methyl sites for hydroxylation is 1. The quantitative estimate of drug-likeness (QED) is 0.834. The van der Waals surface area contributed by atoms with E-state index in [1.54, 1.807) is 6.92 Å². The number of hydrogen-bond acceptors (Lipinski definition) is 3. The number of phenolic OH excluding ortho intramolecular Hbond substituents is 1. The van der Waals surface area contributed by atoms with Crippen LogP contribution in [0.15, 0.2) is 12.1 Å². The molecule has 0 spiro atoms. The Balaban J connectivity index is 3.23. The molecule has 3 heteroatoms. The van der Waals surface area contributed by atoms with Crippen molar-refractivity contribution in [3.05, 3.63) is 28.8 Å². The van der Waals surface area contributed by atoms with E-state index in [4.69, 9.17) is 4.74 Å². The first-order valence-corrected chi connectivity index (χ1v) is 7.99. The van der Waals surface area contributed by atoms with Crippen molar-refractivity contribution in [2.75, 3.05) is 6.61 Å². The molecule has 124 valence electrons. The summed E-state index contributed by atoms with van der Waals surface area (Å²) < 4.78 is 4.98. The molecule has 22 heavy (non-hydrogen) atoms.